The molecule has 0 spiro atoms. The Morgan fingerprint density at radius 1 is 0.957 bits per heavy atom. The Morgan fingerprint density at radius 2 is 1.61 bits per heavy atom. The predicted molar refractivity (Wildman–Crippen MR) is 91.2 cm³/mol. The molecule has 0 aliphatic rings. The Kier molecular flexibility index (Phi) is 6.01. The number of benzene rings is 2. The Labute approximate surface area is 137 Å². The molecule has 0 atom stereocenters. The summed E-state index contributed by atoms with van der Waals surface area (Å²) in [4.78, 5) is 0. The maximum atomic E-state index is 12.2. The van der Waals surface area contributed by atoms with E-state index in [2.05, 4.69) is 4.72 Å². The average molecular weight is 335 g/mol. The van der Waals surface area contributed by atoms with Crippen molar-refractivity contribution >= 4 is 15.7 Å². The summed E-state index contributed by atoms with van der Waals surface area (Å²) in [6.07, 6.45) is 0. The van der Waals surface area contributed by atoms with E-state index in [1.807, 2.05) is 31.2 Å². The summed E-state index contributed by atoms with van der Waals surface area (Å²) in [6.45, 7) is 2.92. The lowest BCUT2D eigenvalue weighted by atomic mass is 10.2. The lowest BCUT2D eigenvalue weighted by Crippen LogP contribution is -2.15. The highest BCUT2D eigenvalue weighted by Gasteiger charge is 2.11. The molecule has 0 amide bonds. The molecule has 2 aromatic carbocycles. The largest absolute Gasteiger partial charge is 0.491 e. The number of rotatable bonds is 8. The van der Waals surface area contributed by atoms with Crippen LogP contribution in [0.2, 0.25) is 0 Å². The normalized spacial score (nSPS) is 11.2. The lowest BCUT2D eigenvalue weighted by molar-refractivity contribution is 0.146. The van der Waals surface area contributed by atoms with E-state index < -0.39 is 10.0 Å². The number of ether oxygens (including phenoxy) is 2. The van der Waals surface area contributed by atoms with Crippen LogP contribution in [0.4, 0.5) is 5.69 Å². The van der Waals surface area contributed by atoms with Gasteiger partial charge in [-0.3, -0.25) is 4.72 Å². The fraction of sp³-hybridized carbons (Fsp3) is 0.294. The van der Waals surface area contributed by atoms with E-state index in [9.17, 15) is 8.42 Å². The molecule has 2 aromatic rings. The summed E-state index contributed by atoms with van der Waals surface area (Å²) in [6, 6.07) is 14.2. The van der Waals surface area contributed by atoms with Crippen molar-refractivity contribution in [2.24, 2.45) is 0 Å². The van der Waals surface area contributed by atoms with Crippen LogP contribution in [0.3, 0.4) is 0 Å². The van der Waals surface area contributed by atoms with E-state index in [0.717, 1.165) is 11.1 Å². The molecule has 0 aliphatic heterocycles. The number of nitrogens with one attached hydrogen (secondary N) is 1. The van der Waals surface area contributed by atoms with Gasteiger partial charge in [-0.15, -0.1) is 0 Å². The quantitative estimate of drug-likeness (QED) is 0.753. The van der Waals surface area contributed by atoms with Crippen molar-refractivity contribution in [3.05, 3.63) is 59.7 Å². The van der Waals surface area contributed by atoms with Gasteiger partial charge in [-0.05, 0) is 36.8 Å². The number of hydrogen-bond acceptors (Lipinski definition) is 4. The molecule has 6 heteroatoms. The summed E-state index contributed by atoms with van der Waals surface area (Å²) in [7, 11) is -1.84. The van der Waals surface area contributed by atoms with Crippen LogP contribution in [-0.4, -0.2) is 28.7 Å². The SMILES string of the molecule is COCCOc1ccc(NS(=O)(=O)Cc2ccc(C)cc2)cc1. The highest BCUT2D eigenvalue weighted by molar-refractivity contribution is 7.91. The monoisotopic (exact) mass is 335 g/mol. The highest BCUT2D eigenvalue weighted by Crippen LogP contribution is 2.18. The molecule has 23 heavy (non-hydrogen) atoms. The van der Waals surface area contributed by atoms with Gasteiger partial charge in [0.15, 0.2) is 0 Å². The van der Waals surface area contributed by atoms with Crippen LogP contribution in [0, 0.1) is 6.92 Å². The summed E-state index contributed by atoms with van der Waals surface area (Å²) >= 11 is 0. The number of anilines is 1. The van der Waals surface area contributed by atoms with Crippen molar-refractivity contribution in [3.8, 4) is 5.75 Å². The molecule has 1 N–H and O–H groups in total. The van der Waals surface area contributed by atoms with E-state index in [0.29, 0.717) is 24.7 Å². The van der Waals surface area contributed by atoms with Gasteiger partial charge in [0.1, 0.15) is 12.4 Å². The molecule has 0 saturated heterocycles. The van der Waals surface area contributed by atoms with Crippen LogP contribution in [0.15, 0.2) is 48.5 Å². The first kappa shape index (κ1) is 17.3. The Hall–Kier alpha value is -2.05. The van der Waals surface area contributed by atoms with E-state index >= 15 is 0 Å². The first-order valence-corrected chi connectivity index (χ1v) is 8.91. The predicted octanol–water partition coefficient (Wildman–Crippen LogP) is 2.96. The van der Waals surface area contributed by atoms with Gasteiger partial charge in [-0.25, -0.2) is 8.42 Å². The molecule has 5 nitrogen and oxygen atoms in total. The Bertz CT molecular complexity index is 709. The second-order valence-electron chi connectivity index (χ2n) is 5.21. The van der Waals surface area contributed by atoms with E-state index in [1.165, 1.54) is 0 Å². The zero-order valence-electron chi connectivity index (χ0n) is 13.3. The van der Waals surface area contributed by atoms with Crippen molar-refractivity contribution in [2.45, 2.75) is 12.7 Å². The van der Waals surface area contributed by atoms with Gasteiger partial charge in [0.2, 0.25) is 10.0 Å². The van der Waals surface area contributed by atoms with Gasteiger partial charge in [-0.2, -0.15) is 0 Å². The third-order valence-electron chi connectivity index (χ3n) is 3.16. The summed E-state index contributed by atoms with van der Waals surface area (Å²) in [5.41, 5.74) is 2.36. The van der Waals surface area contributed by atoms with Gasteiger partial charge < -0.3 is 9.47 Å². The summed E-state index contributed by atoms with van der Waals surface area (Å²) in [5.74, 6) is 0.614. The standard InChI is InChI=1S/C17H21NO4S/c1-14-3-5-15(6-4-14)13-23(19,20)18-16-7-9-17(10-8-16)22-12-11-21-2/h3-10,18H,11-13H2,1-2H3. The molecule has 2 rings (SSSR count). The molecule has 0 fully saturated rings. The molecule has 0 aromatic heterocycles. The molecule has 124 valence electrons. The molecule has 0 radical (unpaired) electrons. The highest BCUT2D eigenvalue weighted by atomic mass is 32.2. The first-order valence-electron chi connectivity index (χ1n) is 7.26. The van der Waals surface area contributed by atoms with E-state index in [4.69, 9.17) is 9.47 Å². The van der Waals surface area contributed by atoms with Gasteiger partial charge in [-0.1, -0.05) is 29.8 Å². The van der Waals surface area contributed by atoms with Gasteiger partial charge in [0.25, 0.3) is 0 Å². The molecule has 0 unspecified atom stereocenters. The number of aryl methyl sites for hydroxylation is 1. The molecular weight excluding hydrogens is 314 g/mol. The van der Waals surface area contributed by atoms with Crippen LogP contribution in [0.5, 0.6) is 5.75 Å². The number of hydrogen-bond donors (Lipinski definition) is 1. The Balaban J connectivity index is 1.95. The maximum Gasteiger partial charge on any atom is 0.236 e. The van der Waals surface area contributed by atoms with Crippen LogP contribution in [-0.2, 0) is 20.5 Å². The maximum absolute atomic E-state index is 12.2. The molecule has 0 aliphatic carbocycles. The number of sulfonamides is 1. The molecule has 0 heterocycles. The smallest absolute Gasteiger partial charge is 0.236 e. The molecule has 0 saturated carbocycles. The fourth-order valence-corrected chi connectivity index (χ4v) is 3.18. The van der Waals surface area contributed by atoms with E-state index in [1.54, 1.807) is 31.4 Å². The van der Waals surface area contributed by atoms with Gasteiger partial charge >= 0.3 is 0 Å². The Morgan fingerprint density at radius 3 is 2.22 bits per heavy atom. The van der Waals surface area contributed by atoms with Crippen molar-refractivity contribution in [3.63, 3.8) is 0 Å². The third-order valence-corrected chi connectivity index (χ3v) is 4.42. The molecule has 0 bridgehead atoms. The molecular formula is C17H21NO4S. The van der Waals surface area contributed by atoms with E-state index in [-0.39, 0.29) is 5.75 Å². The minimum absolute atomic E-state index is 0.0562. The second kappa shape index (κ2) is 7.99. The third kappa shape index (κ3) is 5.92. The fourth-order valence-electron chi connectivity index (χ4n) is 1.98. The van der Waals surface area contributed by atoms with Crippen molar-refractivity contribution in [1.82, 2.24) is 0 Å². The van der Waals surface area contributed by atoms with Crippen LogP contribution >= 0.6 is 0 Å². The minimum atomic E-state index is -3.45. The topological polar surface area (TPSA) is 64.6 Å². The van der Waals surface area contributed by atoms with Gasteiger partial charge in [0, 0.05) is 12.8 Å². The zero-order chi connectivity index (χ0) is 16.7. The second-order valence-corrected chi connectivity index (χ2v) is 6.93. The van der Waals surface area contributed by atoms with Crippen molar-refractivity contribution in [1.29, 1.82) is 0 Å². The summed E-state index contributed by atoms with van der Waals surface area (Å²) < 4.78 is 37.3. The number of methoxy groups -OCH3 is 1. The summed E-state index contributed by atoms with van der Waals surface area (Å²) in [5, 5.41) is 0. The minimum Gasteiger partial charge on any atom is -0.491 e. The zero-order valence-corrected chi connectivity index (χ0v) is 14.1. The van der Waals surface area contributed by atoms with Crippen LogP contribution < -0.4 is 9.46 Å². The van der Waals surface area contributed by atoms with Gasteiger partial charge in [0.05, 0.1) is 12.4 Å². The average Bonchev–Trinajstić information content (AvgIpc) is 2.51. The van der Waals surface area contributed by atoms with Crippen molar-refractivity contribution < 1.29 is 17.9 Å². The first-order chi connectivity index (χ1) is 11.0. The lowest BCUT2D eigenvalue weighted by Gasteiger charge is -2.10. The van der Waals surface area contributed by atoms with Crippen LogP contribution in [0.1, 0.15) is 11.1 Å². The van der Waals surface area contributed by atoms with Crippen molar-refractivity contribution in [2.75, 3.05) is 25.0 Å². The van der Waals surface area contributed by atoms with Crippen LogP contribution in [0.25, 0.3) is 0 Å².